The Kier molecular flexibility index (Phi) is 5.62. The van der Waals surface area contributed by atoms with Crippen LogP contribution < -0.4 is 10.1 Å². The van der Waals surface area contributed by atoms with Crippen molar-refractivity contribution in [1.29, 1.82) is 0 Å². The first kappa shape index (κ1) is 16.9. The zero-order chi connectivity index (χ0) is 16.8. The zero-order valence-corrected chi connectivity index (χ0v) is 12.5. The Morgan fingerprint density at radius 1 is 1.17 bits per heavy atom. The van der Waals surface area contributed by atoms with Crippen LogP contribution >= 0.6 is 0 Å². The molecule has 0 radical (unpaired) electrons. The lowest BCUT2D eigenvalue weighted by Gasteiger charge is -2.09. The van der Waals surface area contributed by atoms with Gasteiger partial charge in [-0.3, -0.25) is 4.79 Å². The number of carbonyl (C=O) groups is 1. The minimum absolute atomic E-state index is 0.0863. The Balaban J connectivity index is 1.87. The van der Waals surface area contributed by atoms with Gasteiger partial charge in [-0.1, -0.05) is 18.2 Å². The molecule has 0 saturated carbocycles. The van der Waals surface area contributed by atoms with Crippen molar-refractivity contribution < 1.29 is 22.7 Å². The number of hydrogen-bond acceptors (Lipinski definition) is 2. The molecule has 2 aromatic rings. The highest BCUT2D eigenvalue weighted by molar-refractivity contribution is 5.95. The van der Waals surface area contributed by atoms with Crippen LogP contribution in [0.15, 0.2) is 42.5 Å². The number of halogens is 3. The molecule has 23 heavy (non-hydrogen) atoms. The van der Waals surface area contributed by atoms with E-state index in [1.54, 1.807) is 25.1 Å². The number of alkyl halides is 2. The second kappa shape index (κ2) is 7.67. The lowest BCUT2D eigenvalue weighted by Crippen LogP contribution is -2.26. The molecule has 6 heteroatoms. The molecule has 0 aromatic heterocycles. The Labute approximate surface area is 132 Å². The van der Waals surface area contributed by atoms with Crippen molar-refractivity contribution in [2.24, 2.45) is 0 Å². The first-order valence-corrected chi connectivity index (χ1v) is 7.04. The van der Waals surface area contributed by atoms with Gasteiger partial charge < -0.3 is 10.1 Å². The van der Waals surface area contributed by atoms with E-state index in [2.05, 4.69) is 10.1 Å². The first-order chi connectivity index (χ1) is 11.0. The Hall–Kier alpha value is -2.50. The van der Waals surface area contributed by atoms with Gasteiger partial charge in [-0.15, -0.1) is 0 Å². The van der Waals surface area contributed by atoms with Gasteiger partial charge in [0.15, 0.2) is 0 Å². The third-order valence-corrected chi connectivity index (χ3v) is 3.29. The van der Waals surface area contributed by atoms with Crippen LogP contribution in [0.5, 0.6) is 5.75 Å². The summed E-state index contributed by atoms with van der Waals surface area (Å²) in [5.41, 5.74) is 1.85. The van der Waals surface area contributed by atoms with Crippen molar-refractivity contribution >= 4 is 5.91 Å². The molecule has 0 aliphatic rings. The van der Waals surface area contributed by atoms with Crippen LogP contribution in [0, 0.1) is 12.7 Å². The molecular weight excluding hydrogens is 307 g/mol. The molecule has 0 saturated heterocycles. The molecule has 0 bridgehead atoms. The number of benzene rings is 2. The molecule has 0 atom stereocenters. The van der Waals surface area contributed by atoms with Gasteiger partial charge in [0.25, 0.3) is 5.91 Å². The summed E-state index contributed by atoms with van der Waals surface area (Å²) in [5.74, 6) is -0.724. The van der Waals surface area contributed by atoms with Gasteiger partial charge in [-0.25, -0.2) is 4.39 Å². The molecule has 0 aliphatic carbocycles. The summed E-state index contributed by atoms with van der Waals surface area (Å²) in [6, 6.07) is 10.2. The van der Waals surface area contributed by atoms with E-state index in [1.807, 2.05) is 0 Å². The second-order valence-corrected chi connectivity index (χ2v) is 4.99. The smallest absolute Gasteiger partial charge is 0.387 e. The SMILES string of the molecule is Cc1ccc(F)cc1C(=O)NCCc1ccc(OC(F)F)cc1. The molecule has 1 N–H and O–H groups in total. The topological polar surface area (TPSA) is 38.3 Å². The van der Waals surface area contributed by atoms with E-state index >= 15 is 0 Å². The van der Waals surface area contributed by atoms with Crippen molar-refractivity contribution in [3.8, 4) is 5.75 Å². The normalized spacial score (nSPS) is 10.7. The van der Waals surface area contributed by atoms with Crippen molar-refractivity contribution in [2.45, 2.75) is 20.0 Å². The maximum absolute atomic E-state index is 13.2. The summed E-state index contributed by atoms with van der Waals surface area (Å²) in [6.45, 7) is -0.769. The molecule has 2 aromatic carbocycles. The van der Waals surface area contributed by atoms with Gasteiger partial charge in [-0.05, 0) is 48.7 Å². The molecule has 0 aliphatic heterocycles. The fourth-order valence-electron chi connectivity index (χ4n) is 2.09. The third-order valence-electron chi connectivity index (χ3n) is 3.29. The van der Waals surface area contributed by atoms with Crippen molar-refractivity contribution in [1.82, 2.24) is 5.32 Å². The summed E-state index contributed by atoms with van der Waals surface area (Å²) in [4.78, 5) is 12.0. The molecule has 2 rings (SSSR count). The highest BCUT2D eigenvalue weighted by atomic mass is 19.3. The van der Waals surface area contributed by atoms with Gasteiger partial charge in [0.2, 0.25) is 0 Å². The summed E-state index contributed by atoms with van der Waals surface area (Å²) in [7, 11) is 0. The number of nitrogens with one attached hydrogen (secondary N) is 1. The fourth-order valence-corrected chi connectivity index (χ4v) is 2.09. The largest absolute Gasteiger partial charge is 0.435 e. The van der Waals surface area contributed by atoms with Crippen LogP contribution in [0.2, 0.25) is 0 Å². The predicted molar refractivity (Wildman–Crippen MR) is 80.2 cm³/mol. The fraction of sp³-hybridized carbons (Fsp3) is 0.235. The van der Waals surface area contributed by atoms with Gasteiger partial charge in [0.1, 0.15) is 11.6 Å². The highest BCUT2D eigenvalue weighted by Crippen LogP contribution is 2.15. The lowest BCUT2D eigenvalue weighted by atomic mass is 10.1. The third kappa shape index (κ3) is 5.02. The van der Waals surface area contributed by atoms with Crippen LogP contribution in [-0.4, -0.2) is 19.1 Å². The predicted octanol–water partition coefficient (Wildman–Crippen LogP) is 3.71. The number of hydrogen-bond donors (Lipinski definition) is 1. The van der Waals surface area contributed by atoms with Gasteiger partial charge in [0.05, 0.1) is 0 Å². The van der Waals surface area contributed by atoms with Crippen molar-refractivity contribution in [3.63, 3.8) is 0 Å². The molecular formula is C17H16F3NO2. The quantitative estimate of drug-likeness (QED) is 0.880. The average molecular weight is 323 g/mol. The molecule has 122 valence electrons. The molecule has 3 nitrogen and oxygen atoms in total. The van der Waals surface area contributed by atoms with E-state index in [0.29, 0.717) is 24.1 Å². The van der Waals surface area contributed by atoms with Crippen LogP contribution in [0.1, 0.15) is 21.5 Å². The average Bonchev–Trinajstić information content (AvgIpc) is 2.51. The maximum Gasteiger partial charge on any atom is 0.387 e. The molecule has 0 fully saturated rings. The van der Waals surface area contributed by atoms with Crippen LogP contribution in [-0.2, 0) is 6.42 Å². The summed E-state index contributed by atoms with van der Waals surface area (Å²) < 4.78 is 41.5. The molecule has 0 spiro atoms. The van der Waals surface area contributed by atoms with E-state index in [-0.39, 0.29) is 11.7 Å². The van der Waals surface area contributed by atoms with E-state index in [4.69, 9.17) is 0 Å². The van der Waals surface area contributed by atoms with Gasteiger partial charge in [0, 0.05) is 12.1 Å². The van der Waals surface area contributed by atoms with Gasteiger partial charge in [-0.2, -0.15) is 8.78 Å². The molecule has 0 heterocycles. The van der Waals surface area contributed by atoms with Crippen LogP contribution in [0.4, 0.5) is 13.2 Å². The minimum atomic E-state index is -2.85. The van der Waals surface area contributed by atoms with Crippen molar-refractivity contribution in [3.05, 3.63) is 65.0 Å². The number of aryl methyl sites for hydroxylation is 1. The summed E-state index contributed by atoms with van der Waals surface area (Å²) in [5, 5.41) is 2.71. The summed E-state index contributed by atoms with van der Waals surface area (Å²) in [6.07, 6.45) is 0.523. The lowest BCUT2D eigenvalue weighted by molar-refractivity contribution is -0.0498. The standard InChI is InChI=1S/C17H16F3NO2/c1-11-2-5-13(18)10-15(11)16(22)21-9-8-12-3-6-14(7-4-12)23-17(19)20/h2-7,10,17H,8-9H2,1H3,(H,21,22). The molecule has 0 unspecified atom stereocenters. The van der Waals surface area contributed by atoms with E-state index in [9.17, 15) is 18.0 Å². The first-order valence-electron chi connectivity index (χ1n) is 7.04. The van der Waals surface area contributed by atoms with Crippen molar-refractivity contribution in [2.75, 3.05) is 6.54 Å². The Bertz CT molecular complexity index is 672. The Morgan fingerprint density at radius 2 is 1.87 bits per heavy atom. The minimum Gasteiger partial charge on any atom is -0.435 e. The molecule has 1 amide bonds. The Morgan fingerprint density at radius 3 is 2.52 bits per heavy atom. The van der Waals surface area contributed by atoms with Crippen LogP contribution in [0.3, 0.4) is 0 Å². The zero-order valence-electron chi connectivity index (χ0n) is 12.5. The van der Waals surface area contributed by atoms with E-state index < -0.39 is 12.4 Å². The van der Waals surface area contributed by atoms with E-state index in [0.717, 1.165) is 5.56 Å². The number of rotatable bonds is 6. The number of amides is 1. The number of carbonyl (C=O) groups excluding carboxylic acids is 1. The van der Waals surface area contributed by atoms with Gasteiger partial charge >= 0.3 is 6.61 Å². The van der Waals surface area contributed by atoms with E-state index in [1.165, 1.54) is 24.3 Å². The van der Waals surface area contributed by atoms with Crippen LogP contribution in [0.25, 0.3) is 0 Å². The second-order valence-electron chi connectivity index (χ2n) is 4.99. The highest BCUT2D eigenvalue weighted by Gasteiger charge is 2.09. The number of ether oxygens (including phenoxy) is 1. The summed E-state index contributed by atoms with van der Waals surface area (Å²) >= 11 is 0. The maximum atomic E-state index is 13.2. The monoisotopic (exact) mass is 323 g/mol.